The molecule has 18 heavy (non-hydrogen) atoms. The van der Waals surface area contributed by atoms with E-state index in [-0.39, 0.29) is 0 Å². The van der Waals surface area contributed by atoms with Gasteiger partial charge in [-0.05, 0) is 48.9 Å². The normalized spacial score (nSPS) is 9.67. The van der Waals surface area contributed by atoms with E-state index in [1.54, 1.807) is 0 Å². The minimum absolute atomic E-state index is 0.955. The Labute approximate surface area is 146 Å². The Hall–Kier alpha value is 0.710. The van der Waals surface area contributed by atoms with Crippen LogP contribution in [0.2, 0.25) is 0 Å². The molecular weight excluding hydrogens is 508 g/mol. The van der Waals surface area contributed by atoms with E-state index in [1.165, 1.54) is 5.56 Å². The molecule has 0 amide bonds. The fraction of sp³-hybridized carbons (Fsp3) is 0.0769. The third kappa shape index (κ3) is 6.75. The van der Waals surface area contributed by atoms with Crippen LogP contribution in [0.5, 0.6) is 0 Å². The topological polar surface area (TPSA) is 0 Å². The predicted molar refractivity (Wildman–Crippen MR) is 95.7 cm³/mol. The van der Waals surface area contributed by atoms with Crippen molar-refractivity contribution in [3.63, 3.8) is 0 Å². The van der Waals surface area contributed by atoms with Gasteiger partial charge in [0, 0.05) is 22.8 Å². The molecule has 0 atom stereocenters. The molecule has 0 spiro atoms. The number of rotatable bonds is 0. The van der Waals surface area contributed by atoms with Crippen molar-refractivity contribution < 1.29 is 0 Å². The van der Waals surface area contributed by atoms with Gasteiger partial charge in [-0.15, -0.1) is 12.6 Å². The average Bonchev–Trinajstić information content (AvgIpc) is 2.12. The van der Waals surface area contributed by atoms with Crippen molar-refractivity contribution in [1.82, 2.24) is 0 Å². The smallest absolute Gasteiger partial charge is 0.0197 e. The van der Waals surface area contributed by atoms with Crippen LogP contribution in [-0.4, -0.2) is 0 Å². The van der Waals surface area contributed by atoms with E-state index in [0.29, 0.717) is 0 Å². The number of hydrogen-bond acceptors (Lipinski definition) is 1. The SMILES string of the molecule is Cc1cc(Br)cc(Br)c1.Sc1cc(Br)cc(Br)c1. The summed E-state index contributed by atoms with van der Waals surface area (Å²) in [5.74, 6) is 0. The highest BCUT2D eigenvalue weighted by atomic mass is 79.9. The molecule has 0 saturated carbocycles. The lowest BCUT2D eigenvalue weighted by Gasteiger charge is -1.94. The van der Waals surface area contributed by atoms with Crippen LogP contribution in [0.25, 0.3) is 0 Å². The fourth-order valence-corrected chi connectivity index (χ4v) is 4.68. The van der Waals surface area contributed by atoms with E-state index in [0.717, 1.165) is 22.8 Å². The minimum atomic E-state index is 0.955. The Bertz CT molecular complexity index is 390. The highest BCUT2D eigenvalue weighted by molar-refractivity contribution is 9.11. The molecule has 0 aliphatic carbocycles. The maximum Gasteiger partial charge on any atom is 0.0197 e. The van der Waals surface area contributed by atoms with Crippen molar-refractivity contribution in [2.45, 2.75) is 11.8 Å². The highest BCUT2D eigenvalue weighted by Crippen LogP contribution is 2.21. The van der Waals surface area contributed by atoms with Gasteiger partial charge < -0.3 is 0 Å². The lowest BCUT2D eigenvalue weighted by atomic mass is 10.2. The summed E-state index contributed by atoms with van der Waals surface area (Å²) < 4.78 is 4.33. The Morgan fingerprint density at radius 2 is 1.00 bits per heavy atom. The van der Waals surface area contributed by atoms with E-state index >= 15 is 0 Å². The van der Waals surface area contributed by atoms with Gasteiger partial charge in [0.1, 0.15) is 0 Å². The van der Waals surface area contributed by atoms with Gasteiger partial charge >= 0.3 is 0 Å². The maximum atomic E-state index is 4.16. The van der Waals surface area contributed by atoms with E-state index in [2.05, 4.69) is 95.4 Å². The zero-order chi connectivity index (χ0) is 13.7. The fourth-order valence-electron chi connectivity index (χ4n) is 1.23. The molecule has 0 aliphatic rings. The first kappa shape index (κ1) is 16.8. The first-order chi connectivity index (χ1) is 8.36. The van der Waals surface area contributed by atoms with Crippen LogP contribution in [0.1, 0.15) is 5.56 Å². The molecule has 2 rings (SSSR count). The van der Waals surface area contributed by atoms with Crippen molar-refractivity contribution in [2.24, 2.45) is 0 Å². The molecule has 0 bridgehead atoms. The molecule has 0 heterocycles. The third-order valence-corrected chi connectivity index (χ3v) is 3.94. The minimum Gasteiger partial charge on any atom is -0.143 e. The van der Waals surface area contributed by atoms with E-state index < -0.39 is 0 Å². The maximum absolute atomic E-state index is 4.16. The van der Waals surface area contributed by atoms with Crippen molar-refractivity contribution in [3.8, 4) is 0 Å². The van der Waals surface area contributed by atoms with E-state index in [4.69, 9.17) is 0 Å². The molecule has 0 aromatic heterocycles. The van der Waals surface area contributed by atoms with Crippen molar-refractivity contribution in [1.29, 1.82) is 0 Å². The zero-order valence-electron chi connectivity index (χ0n) is 9.42. The molecule has 2 aromatic rings. The summed E-state index contributed by atoms with van der Waals surface area (Å²) in [5.41, 5.74) is 1.26. The number of aryl methyl sites for hydroxylation is 1. The van der Waals surface area contributed by atoms with Crippen molar-refractivity contribution in [2.75, 3.05) is 0 Å². The van der Waals surface area contributed by atoms with E-state index in [1.807, 2.05) is 24.3 Å². The van der Waals surface area contributed by atoms with Gasteiger partial charge in [0.25, 0.3) is 0 Å². The summed E-state index contributed by atoms with van der Waals surface area (Å²) in [4.78, 5) is 0.955. The summed E-state index contributed by atoms with van der Waals surface area (Å²) in [6.45, 7) is 2.06. The van der Waals surface area contributed by atoms with Crippen LogP contribution in [0, 0.1) is 6.92 Å². The lowest BCUT2D eigenvalue weighted by Crippen LogP contribution is -1.71. The quantitative estimate of drug-likeness (QED) is 0.357. The van der Waals surface area contributed by atoms with Gasteiger partial charge in [0.2, 0.25) is 0 Å². The first-order valence-corrected chi connectivity index (χ1v) is 8.56. The number of halogens is 4. The lowest BCUT2D eigenvalue weighted by molar-refractivity contribution is 1.42. The first-order valence-electron chi connectivity index (χ1n) is 4.94. The van der Waals surface area contributed by atoms with Gasteiger partial charge in [-0.3, -0.25) is 0 Å². The molecule has 0 fully saturated rings. The van der Waals surface area contributed by atoms with Crippen LogP contribution in [-0.2, 0) is 0 Å². The predicted octanol–water partition coefficient (Wildman–Crippen LogP) is 7.02. The van der Waals surface area contributed by atoms with Crippen molar-refractivity contribution in [3.05, 3.63) is 59.9 Å². The van der Waals surface area contributed by atoms with Crippen LogP contribution in [0.3, 0.4) is 0 Å². The van der Waals surface area contributed by atoms with Gasteiger partial charge in [-0.2, -0.15) is 0 Å². The molecule has 0 saturated heterocycles. The number of benzene rings is 2. The van der Waals surface area contributed by atoms with Crippen LogP contribution in [0.4, 0.5) is 0 Å². The number of hydrogen-bond donors (Lipinski definition) is 1. The number of thiol groups is 1. The summed E-state index contributed by atoms with van der Waals surface area (Å²) in [6.07, 6.45) is 0. The van der Waals surface area contributed by atoms with Gasteiger partial charge in [0.05, 0.1) is 0 Å². The molecular formula is C13H10Br4S. The van der Waals surface area contributed by atoms with E-state index in [9.17, 15) is 0 Å². The molecule has 0 aliphatic heterocycles. The monoisotopic (exact) mass is 514 g/mol. The average molecular weight is 518 g/mol. The second-order valence-corrected chi connectivity index (χ2v) is 7.75. The van der Waals surface area contributed by atoms with Crippen molar-refractivity contribution >= 4 is 76.3 Å². The molecule has 96 valence electrons. The Balaban J connectivity index is 0.000000180. The standard InChI is InChI=1S/C7H6Br2.C6H4Br2S/c1-5-2-6(8)4-7(9)3-5;7-4-1-5(8)3-6(9)2-4/h2-4H,1H3;1-3,9H. The summed E-state index contributed by atoms with van der Waals surface area (Å²) in [6, 6.07) is 12.0. The second kappa shape index (κ2) is 8.10. The van der Waals surface area contributed by atoms with Gasteiger partial charge in [-0.25, -0.2) is 0 Å². The summed E-state index contributed by atoms with van der Waals surface area (Å²) in [7, 11) is 0. The van der Waals surface area contributed by atoms with Crippen LogP contribution >= 0.6 is 76.3 Å². The second-order valence-electron chi connectivity index (χ2n) is 3.57. The molecule has 0 N–H and O–H groups in total. The third-order valence-electron chi connectivity index (χ3n) is 1.85. The molecule has 0 nitrogen and oxygen atoms in total. The Kier molecular flexibility index (Phi) is 7.54. The van der Waals surface area contributed by atoms with Gasteiger partial charge in [-0.1, -0.05) is 63.7 Å². The van der Waals surface area contributed by atoms with Crippen LogP contribution in [0.15, 0.2) is 59.2 Å². The molecule has 5 heteroatoms. The Morgan fingerprint density at radius 3 is 1.28 bits per heavy atom. The summed E-state index contributed by atoms with van der Waals surface area (Å²) >= 11 is 17.6. The highest BCUT2D eigenvalue weighted by Gasteiger charge is 1.91. The summed E-state index contributed by atoms with van der Waals surface area (Å²) in [5, 5.41) is 0. The Morgan fingerprint density at radius 1 is 0.667 bits per heavy atom. The molecule has 0 radical (unpaired) electrons. The van der Waals surface area contributed by atoms with Gasteiger partial charge in [0.15, 0.2) is 0 Å². The van der Waals surface area contributed by atoms with Crippen LogP contribution < -0.4 is 0 Å². The zero-order valence-corrected chi connectivity index (χ0v) is 16.7. The molecule has 0 unspecified atom stereocenters. The molecule has 2 aromatic carbocycles. The largest absolute Gasteiger partial charge is 0.143 e.